The van der Waals surface area contributed by atoms with Crippen molar-refractivity contribution in [3.05, 3.63) is 29.3 Å². The summed E-state index contributed by atoms with van der Waals surface area (Å²) in [5.41, 5.74) is 1.83. The van der Waals surface area contributed by atoms with Crippen LogP contribution in [0.25, 0.3) is 0 Å². The van der Waals surface area contributed by atoms with Crippen molar-refractivity contribution < 1.29 is 13.2 Å². The van der Waals surface area contributed by atoms with Gasteiger partial charge in [-0.25, -0.2) is 8.42 Å². The summed E-state index contributed by atoms with van der Waals surface area (Å²) in [5, 5.41) is 8.20. The highest BCUT2D eigenvalue weighted by Crippen LogP contribution is 2.21. The fourth-order valence-electron chi connectivity index (χ4n) is 2.98. The van der Waals surface area contributed by atoms with Crippen LogP contribution in [0.1, 0.15) is 21.7 Å². The molecule has 0 atom stereocenters. The van der Waals surface area contributed by atoms with E-state index in [-0.39, 0.29) is 23.9 Å². The minimum Gasteiger partial charge on any atom is -0.336 e. The van der Waals surface area contributed by atoms with Gasteiger partial charge >= 0.3 is 0 Å². The van der Waals surface area contributed by atoms with Crippen molar-refractivity contribution in [2.45, 2.75) is 18.7 Å². The lowest BCUT2D eigenvalue weighted by Crippen LogP contribution is -2.50. The Hall–Kier alpha value is -2.20. The van der Waals surface area contributed by atoms with Crippen molar-refractivity contribution >= 4 is 15.9 Å². The molecule has 3 rings (SSSR count). The number of piperazine rings is 1. The Labute approximate surface area is 146 Å². The highest BCUT2D eigenvalue weighted by atomic mass is 32.2. The molecule has 2 aromatic heterocycles. The molecule has 0 radical (unpaired) electrons. The van der Waals surface area contributed by atoms with E-state index in [2.05, 4.69) is 10.2 Å². The number of amides is 1. The lowest BCUT2D eigenvalue weighted by molar-refractivity contribution is 0.0697. The van der Waals surface area contributed by atoms with Crippen LogP contribution < -0.4 is 0 Å². The van der Waals surface area contributed by atoms with Gasteiger partial charge in [0.15, 0.2) is 0 Å². The number of carbonyl (C=O) groups is 1. The van der Waals surface area contributed by atoms with Gasteiger partial charge in [0, 0.05) is 46.5 Å². The summed E-state index contributed by atoms with van der Waals surface area (Å²) in [4.78, 5) is 14.5. The van der Waals surface area contributed by atoms with E-state index >= 15 is 0 Å². The molecule has 1 aliphatic rings. The molecule has 0 unspecified atom stereocenters. The summed E-state index contributed by atoms with van der Waals surface area (Å²) in [6.07, 6.45) is 3.07. The van der Waals surface area contributed by atoms with E-state index in [9.17, 15) is 13.2 Å². The van der Waals surface area contributed by atoms with Gasteiger partial charge in [0.05, 0.1) is 23.1 Å². The molecule has 10 heteroatoms. The molecular formula is C15H22N6O3S. The van der Waals surface area contributed by atoms with Crippen LogP contribution in [0.3, 0.4) is 0 Å². The lowest BCUT2D eigenvalue weighted by atomic mass is 10.2. The zero-order valence-corrected chi connectivity index (χ0v) is 15.6. The van der Waals surface area contributed by atoms with Crippen LogP contribution >= 0.6 is 0 Å². The third-order valence-electron chi connectivity index (χ3n) is 4.58. The summed E-state index contributed by atoms with van der Waals surface area (Å²) in [5.74, 6) is -0.111. The summed E-state index contributed by atoms with van der Waals surface area (Å²) in [6.45, 7) is 4.75. The zero-order valence-electron chi connectivity index (χ0n) is 14.8. The van der Waals surface area contributed by atoms with E-state index in [1.54, 1.807) is 43.7 Å². The van der Waals surface area contributed by atoms with Crippen molar-refractivity contribution in [1.82, 2.24) is 28.8 Å². The Morgan fingerprint density at radius 3 is 2.24 bits per heavy atom. The van der Waals surface area contributed by atoms with Gasteiger partial charge in [-0.1, -0.05) is 0 Å². The molecule has 1 saturated heterocycles. The van der Waals surface area contributed by atoms with Gasteiger partial charge in [-0.2, -0.15) is 14.5 Å². The van der Waals surface area contributed by atoms with Gasteiger partial charge in [-0.05, 0) is 13.8 Å². The average Bonchev–Trinajstić information content (AvgIpc) is 3.09. The van der Waals surface area contributed by atoms with Crippen molar-refractivity contribution in [2.75, 3.05) is 26.2 Å². The summed E-state index contributed by atoms with van der Waals surface area (Å²) in [7, 11) is -0.116. The molecule has 3 heterocycles. The molecule has 2 aromatic rings. The first-order chi connectivity index (χ1) is 11.7. The van der Waals surface area contributed by atoms with Gasteiger partial charge in [0.25, 0.3) is 5.91 Å². The van der Waals surface area contributed by atoms with Crippen molar-refractivity contribution in [3.8, 4) is 0 Å². The summed E-state index contributed by atoms with van der Waals surface area (Å²) >= 11 is 0. The van der Waals surface area contributed by atoms with Gasteiger partial charge < -0.3 is 4.90 Å². The molecule has 0 N–H and O–H groups in total. The van der Waals surface area contributed by atoms with Crippen LogP contribution in [-0.4, -0.2) is 69.3 Å². The molecule has 0 aliphatic carbocycles. The molecule has 0 aromatic carbocycles. The minimum absolute atomic E-state index is 0.111. The van der Waals surface area contributed by atoms with Crippen molar-refractivity contribution in [2.24, 2.45) is 14.1 Å². The molecule has 9 nitrogen and oxygen atoms in total. The van der Waals surface area contributed by atoms with Crippen LogP contribution in [0.4, 0.5) is 0 Å². The van der Waals surface area contributed by atoms with Crippen LogP contribution in [0.2, 0.25) is 0 Å². The van der Waals surface area contributed by atoms with Crippen LogP contribution in [0, 0.1) is 13.8 Å². The molecule has 0 spiro atoms. The highest BCUT2D eigenvalue weighted by Gasteiger charge is 2.33. The first-order valence-corrected chi connectivity index (χ1v) is 9.44. The Morgan fingerprint density at radius 1 is 1.12 bits per heavy atom. The van der Waals surface area contributed by atoms with E-state index in [1.807, 2.05) is 0 Å². The average molecular weight is 366 g/mol. The highest BCUT2D eigenvalue weighted by molar-refractivity contribution is 7.89. The maximum atomic E-state index is 12.8. The topological polar surface area (TPSA) is 93.3 Å². The van der Waals surface area contributed by atoms with Crippen LogP contribution in [-0.2, 0) is 24.1 Å². The Bertz CT molecular complexity index is 906. The number of carbonyl (C=O) groups excluding carboxylic acids is 1. The van der Waals surface area contributed by atoms with Gasteiger partial charge in [-0.3, -0.25) is 14.2 Å². The van der Waals surface area contributed by atoms with Gasteiger partial charge in [-0.15, -0.1) is 0 Å². The third kappa shape index (κ3) is 3.07. The third-order valence-corrected chi connectivity index (χ3v) is 6.58. The second kappa shape index (κ2) is 6.26. The number of aryl methyl sites for hydroxylation is 3. The number of hydrogen-bond donors (Lipinski definition) is 0. The number of aromatic nitrogens is 4. The number of nitrogens with zero attached hydrogens (tertiary/aromatic N) is 6. The quantitative estimate of drug-likeness (QED) is 0.757. The number of sulfonamides is 1. The van der Waals surface area contributed by atoms with E-state index in [0.717, 1.165) is 0 Å². The summed E-state index contributed by atoms with van der Waals surface area (Å²) < 4.78 is 30.1. The zero-order chi connectivity index (χ0) is 18.4. The molecule has 25 heavy (non-hydrogen) atoms. The normalized spacial score (nSPS) is 16.4. The van der Waals surface area contributed by atoms with Gasteiger partial charge in [0.1, 0.15) is 4.90 Å². The largest absolute Gasteiger partial charge is 0.336 e. The smallest absolute Gasteiger partial charge is 0.257 e. The molecule has 0 bridgehead atoms. The first kappa shape index (κ1) is 17.6. The van der Waals surface area contributed by atoms with E-state index in [0.29, 0.717) is 30.0 Å². The Morgan fingerprint density at radius 2 is 1.76 bits per heavy atom. The number of hydrogen-bond acceptors (Lipinski definition) is 5. The predicted molar refractivity (Wildman–Crippen MR) is 90.6 cm³/mol. The lowest BCUT2D eigenvalue weighted by Gasteiger charge is -2.33. The summed E-state index contributed by atoms with van der Waals surface area (Å²) in [6, 6.07) is 0. The van der Waals surface area contributed by atoms with Crippen LogP contribution in [0.15, 0.2) is 17.3 Å². The maximum absolute atomic E-state index is 12.8. The molecule has 136 valence electrons. The second-order valence-corrected chi connectivity index (χ2v) is 8.12. The fraction of sp³-hybridized carbons (Fsp3) is 0.533. The van der Waals surface area contributed by atoms with E-state index in [1.165, 1.54) is 15.2 Å². The Balaban J connectivity index is 1.72. The molecule has 1 amide bonds. The predicted octanol–water partition coefficient (Wildman–Crippen LogP) is -0.0829. The fourth-order valence-corrected chi connectivity index (χ4v) is 4.59. The second-order valence-electron chi connectivity index (χ2n) is 6.22. The Kier molecular flexibility index (Phi) is 4.41. The minimum atomic E-state index is -3.59. The van der Waals surface area contributed by atoms with Crippen molar-refractivity contribution in [1.29, 1.82) is 0 Å². The van der Waals surface area contributed by atoms with E-state index < -0.39 is 10.0 Å². The number of rotatable bonds is 3. The van der Waals surface area contributed by atoms with E-state index in [4.69, 9.17) is 0 Å². The van der Waals surface area contributed by atoms with Crippen LogP contribution in [0.5, 0.6) is 0 Å². The van der Waals surface area contributed by atoms with Gasteiger partial charge in [0.2, 0.25) is 10.0 Å². The molecule has 1 fully saturated rings. The monoisotopic (exact) mass is 366 g/mol. The molecule has 0 saturated carbocycles. The molecular weight excluding hydrogens is 344 g/mol. The maximum Gasteiger partial charge on any atom is 0.257 e. The SMILES string of the molecule is Cc1nn(C)cc1C(=O)N1CCN(S(=O)(=O)c2cnn(C)c2C)CC1. The standard InChI is InChI=1S/C15H22N6O3S/c1-11-13(10-18(3)17-11)15(22)20-5-7-21(8-6-20)25(23,24)14-9-16-19(4)12(14)2/h9-10H,5-8H2,1-4H3. The van der Waals surface area contributed by atoms with Crippen molar-refractivity contribution in [3.63, 3.8) is 0 Å². The molecule has 1 aliphatic heterocycles. The first-order valence-electron chi connectivity index (χ1n) is 8.00.